The SMILES string of the molecule is CCCC(C)(C)CCCCCCCC(=O)OCC(CCC(C)C)C(C)C. The molecule has 0 aromatic carbocycles. The molecule has 0 aromatic rings. The number of esters is 1. The Morgan fingerprint density at radius 2 is 1.50 bits per heavy atom. The summed E-state index contributed by atoms with van der Waals surface area (Å²) in [5, 5.41) is 0. The molecule has 0 rings (SSSR count). The summed E-state index contributed by atoms with van der Waals surface area (Å²) >= 11 is 0. The van der Waals surface area contributed by atoms with Crippen LogP contribution in [0.5, 0.6) is 0 Å². The van der Waals surface area contributed by atoms with Gasteiger partial charge in [-0.15, -0.1) is 0 Å². The Hall–Kier alpha value is -0.530. The molecule has 0 radical (unpaired) electrons. The van der Waals surface area contributed by atoms with Gasteiger partial charge in [-0.05, 0) is 48.9 Å². The Kier molecular flexibility index (Phi) is 14.2. The monoisotopic (exact) mass is 368 g/mol. The largest absolute Gasteiger partial charge is 0.465 e. The van der Waals surface area contributed by atoms with Gasteiger partial charge in [0.1, 0.15) is 0 Å². The molecule has 0 aliphatic carbocycles. The molecule has 1 unspecified atom stereocenters. The predicted octanol–water partition coefficient (Wildman–Crippen LogP) is 7.80. The number of ether oxygens (including phenoxy) is 1. The third kappa shape index (κ3) is 14.6. The number of rotatable bonds is 16. The van der Waals surface area contributed by atoms with Crippen molar-refractivity contribution in [3.05, 3.63) is 0 Å². The van der Waals surface area contributed by atoms with Crippen LogP contribution in [0.4, 0.5) is 0 Å². The van der Waals surface area contributed by atoms with Gasteiger partial charge in [0.05, 0.1) is 6.61 Å². The zero-order valence-electron chi connectivity index (χ0n) is 19.0. The number of hydrogen-bond donors (Lipinski definition) is 0. The van der Waals surface area contributed by atoms with Crippen LogP contribution < -0.4 is 0 Å². The van der Waals surface area contributed by atoms with Crippen molar-refractivity contribution < 1.29 is 9.53 Å². The predicted molar refractivity (Wildman–Crippen MR) is 114 cm³/mol. The summed E-state index contributed by atoms with van der Waals surface area (Å²) in [7, 11) is 0. The van der Waals surface area contributed by atoms with Crippen molar-refractivity contribution in [2.24, 2.45) is 23.2 Å². The summed E-state index contributed by atoms with van der Waals surface area (Å²) in [6, 6.07) is 0. The average molecular weight is 369 g/mol. The molecule has 0 fully saturated rings. The summed E-state index contributed by atoms with van der Waals surface area (Å²) in [5.41, 5.74) is 0.501. The van der Waals surface area contributed by atoms with E-state index in [9.17, 15) is 4.79 Å². The van der Waals surface area contributed by atoms with E-state index in [1.54, 1.807) is 0 Å². The summed E-state index contributed by atoms with van der Waals surface area (Å²) in [4.78, 5) is 12.0. The van der Waals surface area contributed by atoms with Crippen LogP contribution in [-0.2, 0) is 9.53 Å². The third-order valence-corrected chi connectivity index (χ3v) is 5.68. The minimum Gasteiger partial charge on any atom is -0.465 e. The zero-order chi connectivity index (χ0) is 20.0. The van der Waals surface area contributed by atoms with Crippen LogP contribution in [0.25, 0.3) is 0 Å². The first-order valence-electron chi connectivity index (χ1n) is 11.3. The molecular formula is C24H48O2. The number of unbranched alkanes of at least 4 members (excludes halogenated alkanes) is 4. The fourth-order valence-electron chi connectivity index (χ4n) is 3.63. The lowest BCUT2D eigenvalue weighted by molar-refractivity contribution is -0.145. The van der Waals surface area contributed by atoms with E-state index in [0.717, 1.165) is 25.2 Å². The molecule has 156 valence electrons. The highest BCUT2D eigenvalue weighted by molar-refractivity contribution is 5.69. The highest BCUT2D eigenvalue weighted by Gasteiger charge is 2.17. The molecule has 0 aliphatic heterocycles. The number of carbonyl (C=O) groups excluding carboxylic acids is 1. The van der Waals surface area contributed by atoms with Crippen molar-refractivity contribution in [3.8, 4) is 0 Å². The standard InChI is InChI=1S/C24H48O2/c1-8-17-24(6,7)18-13-11-9-10-12-14-23(25)26-19-22(21(4)5)16-15-20(2)3/h20-22H,8-19H2,1-7H3. The lowest BCUT2D eigenvalue weighted by Gasteiger charge is -2.23. The summed E-state index contributed by atoms with van der Waals surface area (Å²) < 4.78 is 5.56. The molecule has 0 amide bonds. The molecule has 0 bridgehead atoms. The quantitative estimate of drug-likeness (QED) is 0.205. The van der Waals surface area contributed by atoms with E-state index in [-0.39, 0.29) is 5.97 Å². The Morgan fingerprint density at radius 3 is 2.08 bits per heavy atom. The minimum atomic E-state index is 0.00396. The molecule has 0 saturated carbocycles. The highest BCUT2D eigenvalue weighted by Crippen LogP contribution is 2.29. The van der Waals surface area contributed by atoms with Crippen molar-refractivity contribution in [1.82, 2.24) is 0 Å². The van der Waals surface area contributed by atoms with Gasteiger partial charge in [0.2, 0.25) is 0 Å². The van der Waals surface area contributed by atoms with E-state index in [1.165, 1.54) is 44.9 Å². The van der Waals surface area contributed by atoms with Gasteiger partial charge >= 0.3 is 5.97 Å². The summed E-state index contributed by atoms with van der Waals surface area (Å²) in [6.45, 7) is 16.6. The first kappa shape index (κ1) is 25.5. The van der Waals surface area contributed by atoms with Gasteiger partial charge in [-0.3, -0.25) is 4.79 Å². The second kappa shape index (κ2) is 14.5. The first-order chi connectivity index (χ1) is 12.2. The van der Waals surface area contributed by atoms with Crippen LogP contribution in [0.1, 0.15) is 119 Å². The van der Waals surface area contributed by atoms with Crippen molar-refractivity contribution in [2.45, 2.75) is 119 Å². The topological polar surface area (TPSA) is 26.3 Å². The molecule has 0 saturated heterocycles. The smallest absolute Gasteiger partial charge is 0.305 e. The Labute approximate surface area is 164 Å². The fourth-order valence-corrected chi connectivity index (χ4v) is 3.63. The van der Waals surface area contributed by atoms with E-state index in [2.05, 4.69) is 48.5 Å². The number of hydrogen-bond acceptors (Lipinski definition) is 2. The van der Waals surface area contributed by atoms with Gasteiger partial charge in [0.25, 0.3) is 0 Å². The van der Waals surface area contributed by atoms with E-state index in [4.69, 9.17) is 4.74 Å². The highest BCUT2D eigenvalue weighted by atomic mass is 16.5. The molecule has 0 N–H and O–H groups in total. The van der Waals surface area contributed by atoms with Gasteiger partial charge in [-0.2, -0.15) is 0 Å². The molecule has 0 aromatic heterocycles. The molecule has 0 spiro atoms. The second-order valence-corrected chi connectivity index (χ2v) is 9.84. The number of carbonyl (C=O) groups is 1. The maximum atomic E-state index is 12.0. The van der Waals surface area contributed by atoms with Crippen molar-refractivity contribution >= 4 is 5.97 Å². The second-order valence-electron chi connectivity index (χ2n) is 9.84. The van der Waals surface area contributed by atoms with Crippen LogP contribution >= 0.6 is 0 Å². The zero-order valence-corrected chi connectivity index (χ0v) is 19.0. The van der Waals surface area contributed by atoms with Crippen LogP contribution in [-0.4, -0.2) is 12.6 Å². The minimum absolute atomic E-state index is 0.00396. The Bertz CT molecular complexity index is 344. The maximum absolute atomic E-state index is 12.0. The lowest BCUT2D eigenvalue weighted by atomic mass is 9.83. The van der Waals surface area contributed by atoms with Crippen LogP contribution in [0.2, 0.25) is 0 Å². The third-order valence-electron chi connectivity index (χ3n) is 5.68. The molecule has 1 atom stereocenters. The Morgan fingerprint density at radius 1 is 0.885 bits per heavy atom. The normalized spacial score (nSPS) is 13.4. The van der Waals surface area contributed by atoms with E-state index >= 15 is 0 Å². The molecular weight excluding hydrogens is 320 g/mol. The van der Waals surface area contributed by atoms with Crippen LogP contribution in [0.15, 0.2) is 0 Å². The van der Waals surface area contributed by atoms with E-state index in [1.807, 2.05) is 0 Å². The Balaban J connectivity index is 3.73. The molecule has 2 nitrogen and oxygen atoms in total. The van der Waals surface area contributed by atoms with Crippen molar-refractivity contribution in [2.75, 3.05) is 6.61 Å². The summed E-state index contributed by atoms with van der Waals surface area (Å²) in [5.74, 6) is 1.81. The van der Waals surface area contributed by atoms with E-state index < -0.39 is 0 Å². The maximum Gasteiger partial charge on any atom is 0.305 e. The summed E-state index contributed by atoms with van der Waals surface area (Å²) in [6.07, 6.45) is 12.9. The lowest BCUT2D eigenvalue weighted by Crippen LogP contribution is -2.19. The average Bonchev–Trinajstić information content (AvgIpc) is 2.53. The molecule has 26 heavy (non-hydrogen) atoms. The van der Waals surface area contributed by atoms with Crippen LogP contribution in [0, 0.1) is 23.2 Å². The molecule has 0 aliphatic rings. The van der Waals surface area contributed by atoms with Gasteiger partial charge < -0.3 is 4.74 Å². The van der Waals surface area contributed by atoms with E-state index in [0.29, 0.717) is 30.3 Å². The molecule has 2 heteroatoms. The molecule has 0 heterocycles. The fraction of sp³-hybridized carbons (Fsp3) is 0.958. The van der Waals surface area contributed by atoms with Gasteiger partial charge in [-0.1, -0.05) is 87.0 Å². The van der Waals surface area contributed by atoms with Crippen LogP contribution in [0.3, 0.4) is 0 Å². The van der Waals surface area contributed by atoms with Gasteiger partial charge in [0.15, 0.2) is 0 Å². The van der Waals surface area contributed by atoms with Crippen molar-refractivity contribution in [3.63, 3.8) is 0 Å². The van der Waals surface area contributed by atoms with Gasteiger partial charge in [0, 0.05) is 6.42 Å². The van der Waals surface area contributed by atoms with Crippen molar-refractivity contribution in [1.29, 1.82) is 0 Å². The first-order valence-corrected chi connectivity index (χ1v) is 11.3. The van der Waals surface area contributed by atoms with Gasteiger partial charge in [-0.25, -0.2) is 0 Å².